The lowest BCUT2D eigenvalue weighted by molar-refractivity contribution is 0.210. The van der Waals surface area contributed by atoms with E-state index in [1.165, 1.54) is 16.7 Å². The summed E-state index contributed by atoms with van der Waals surface area (Å²) in [6.45, 7) is 4.50. The molecule has 1 aromatic rings. The molecule has 1 aromatic carbocycles. The van der Waals surface area contributed by atoms with Gasteiger partial charge in [-0.15, -0.1) is 0 Å². The van der Waals surface area contributed by atoms with Crippen LogP contribution in [0.1, 0.15) is 29.5 Å². The van der Waals surface area contributed by atoms with E-state index in [0.29, 0.717) is 6.61 Å². The highest BCUT2D eigenvalue weighted by Gasteiger charge is 2.42. The fourth-order valence-electron chi connectivity index (χ4n) is 2.31. The summed E-state index contributed by atoms with van der Waals surface area (Å²) in [5, 5.41) is 9.39. The summed E-state index contributed by atoms with van der Waals surface area (Å²) in [5.41, 5.74) is 3.91. The molecule has 0 amide bonds. The Morgan fingerprint density at radius 1 is 1.31 bits per heavy atom. The molecule has 1 saturated carbocycles. The lowest BCUT2D eigenvalue weighted by Crippen LogP contribution is -2.12. The maximum atomic E-state index is 9.39. The highest BCUT2D eigenvalue weighted by Crippen LogP contribution is 2.49. The van der Waals surface area contributed by atoms with Crippen LogP contribution in [0.25, 0.3) is 0 Å². The predicted octanol–water partition coefficient (Wildman–Crippen LogP) is 2.63. The molecule has 1 aliphatic rings. The van der Waals surface area contributed by atoms with Gasteiger partial charge in [-0.3, -0.25) is 0 Å². The van der Waals surface area contributed by atoms with Crippen LogP contribution in [0.4, 0.5) is 0 Å². The number of aliphatic hydroxyl groups is 1. The van der Waals surface area contributed by atoms with Crippen LogP contribution < -0.4 is 4.74 Å². The van der Waals surface area contributed by atoms with Crippen molar-refractivity contribution >= 4 is 0 Å². The van der Waals surface area contributed by atoms with E-state index in [-0.39, 0.29) is 5.41 Å². The largest absolute Gasteiger partial charge is 0.496 e. The van der Waals surface area contributed by atoms with Gasteiger partial charge in [0.2, 0.25) is 0 Å². The average Bonchev–Trinajstić information content (AvgIpc) is 3.02. The summed E-state index contributed by atoms with van der Waals surface area (Å²) in [4.78, 5) is 0. The average molecular weight is 220 g/mol. The van der Waals surface area contributed by atoms with E-state index in [0.717, 1.165) is 25.0 Å². The van der Waals surface area contributed by atoms with Crippen LogP contribution in [-0.4, -0.2) is 18.8 Å². The Balaban J connectivity index is 2.32. The van der Waals surface area contributed by atoms with Crippen LogP contribution >= 0.6 is 0 Å². The minimum atomic E-state index is 0.146. The first-order chi connectivity index (χ1) is 7.60. The zero-order valence-corrected chi connectivity index (χ0v) is 10.3. The van der Waals surface area contributed by atoms with Crippen molar-refractivity contribution in [2.24, 2.45) is 5.41 Å². The summed E-state index contributed by atoms with van der Waals surface area (Å²) in [7, 11) is 1.72. The number of aryl methyl sites for hydroxylation is 2. The molecule has 0 aliphatic heterocycles. The Kier molecular flexibility index (Phi) is 2.94. The molecule has 0 unspecified atom stereocenters. The van der Waals surface area contributed by atoms with Crippen molar-refractivity contribution in [2.45, 2.75) is 33.1 Å². The molecule has 88 valence electrons. The van der Waals surface area contributed by atoms with Gasteiger partial charge in [0, 0.05) is 6.61 Å². The molecule has 1 aliphatic carbocycles. The molecule has 0 heterocycles. The van der Waals surface area contributed by atoms with Crippen LogP contribution in [0.3, 0.4) is 0 Å². The second-order valence-corrected chi connectivity index (χ2v) is 5.10. The monoisotopic (exact) mass is 220 g/mol. The van der Waals surface area contributed by atoms with E-state index in [9.17, 15) is 5.11 Å². The fraction of sp³-hybridized carbons (Fsp3) is 0.571. The molecule has 2 rings (SSSR count). The normalized spacial score (nSPS) is 17.2. The molecule has 2 nitrogen and oxygen atoms in total. The molecule has 2 heteroatoms. The van der Waals surface area contributed by atoms with E-state index in [1.54, 1.807) is 7.11 Å². The van der Waals surface area contributed by atoms with E-state index in [1.807, 2.05) is 0 Å². The van der Waals surface area contributed by atoms with Gasteiger partial charge >= 0.3 is 0 Å². The second-order valence-electron chi connectivity index (χ2n) is 5.10. The first-order valence-corrected chi connectivity index (χ1v) is 5.85. The quantitative estimate of drug-likeness (QED) is 0.845. The van der Waals surface area contributed by atoms with Gasteiger partial charge < -0.3 is 9.84 Å². The lowest BCUT2D eigenvalue weighted by Gasteiger charge is -2.17. The zero-order chi connectivity index (χ0) is 11.8. The van der Waals surface area contributed by atoms with Crippen LogP contribution in [0, 0.1) is 19.3 Å². The van der Waals surface area contributed by atoms with Crippen molar-refractivity contribution in [2.75, 3.05) is 13.7 Å². The number of hydrogen-bond donors (Lipinski definition) is 1. The van der Waals surface area contributed by atoms with Crippen LogP contribution in [0.5, 0.6) is 5.75 Å². The topological polar surface area (TPSA) is 29.5 Å². The molecular weight excluding hydrogens is 200 g/mol. The smallest absolute Gasteiger partial charge is 0.122 e. The SMILES string of the molecule is COc1cc(C)cc(C)c1CC1(CO)CC1. The Morgan fingerprint density at radius 3 is 2.50 bits per heavy atom. The first-order valence-electron chi connectivity index (χ1n) is 5.85. The minimum Gasteiger partial charge on any atom is -0.496 e. The molecular formula is C14H20O2. The zero-order valence-electron chi connectivity index (χ0n) is 10.3. The molecule has 0 bridgehead atoms. The molecule has 0 saturated heterocycles. The van der Waals surface area contributed by atoms with Gasteiger partial charge in [0.1, 0.15) is 5.75 Å². The standard InChI is InChI=1S/C14H20O2/c1-10-6-11(2)12(13(7-10)16-3)8-14(9-15)4-5-14/h6-7,15H,4-5,8-9H2,1-3H3. The summed E-state index contributed by atoms with van der Waals surface area (Å²) in [6, 6.07) is 4.26. The highest BCUT2D eigenvalue weighted by molar-refractivity contribution is 5.44. The van der Waals surface area contributed by atoms with Gasteiger partial charge in [-0.05, 0) is 61.3 Å². The Labute approximate surface area is 97.3 Å². The second kappa shape index (κ2) is 4.10. The van der Waals surface area contributed by atoms with Gasteiger partial charge in [-0.2, -0.15) is 0 Å². The van der Waals surface area contributed by atoms with Crippen molar-refractivity contribution in [1.29, 1.82) is 0 Å². The first kappa shape index (κ1) is 11.5. The van der Waals surface area contributed by atoms with E-state index >= 15 is 0 Å². The lowest BCUT2D eigenvalue weighted by atomic mass is 9.92. The number of ether oxygens (including phenoxy) is 1. The minimum absolute atomic E-state index is 0.146. The molecule has 0 radical (unpaired) electrons. The third-order valence-corrected chi connectivity index (χ3v) is 3.64. The number of rotatable bonds is 4. The van der Waals surface area contributed by atoms with Gasteiger partial charge in [0.15, 0.2) is 0 Å². The molecule has 0 atom stereocenters. The summed E-state index contributed by atoms with van der Waals surface area (Å²) in [6.07, 6.45) is 3.22. The fourth-order valence-corrected chi connectivity index (χ4v) is 2.31. The maximum absolute atomic E-state index is 9.39. The van der Waals surface area contributed by atoms with Crippen molar-refractivity contribution in [3.63, 3.8) is 0 Å². The number of aliphatic hydroxyl groups excluding tert-OH is 1. The van der Waals surface area contributed by atoms with Crippen molar-refractivity contribution in [3.05, 3.63) is 28.8 Å². The van der Waals surface area contributed by atoms with Crippen LogP contribution in [-0.2, 0) is 6.42 Å². The number of benzene rings is 1. The van der Waals surface area contributed by atoms with E-state index < -0.39 is 0 Å². The van der Waals surface area contributed by atoms with E-state index in [4.69, 9.17) is 4.74 Å². The Bertz CT molecular complexity index is 392. The van der Waals surface area contributed by atoms with Crippen molar-refractivity contribution in [3.8, 4) is 5.75 Å². The Morgan fingerprint density at radius 2 is 2.00 bits per heavy atom. The molecule has 0 spiro atoms. The van der Waals surface area contributed by atoms with Crippen LogP contribution in [0.15, 0.2) is 12.1 Å². The van der Waals surface area contributed by atoms with Gasteiger partial charge in [-0.25, -0.2) is 0 Å². The third-order valence-electron chi connectivity index (χ3n) is 3.64. The summed E-state index contributed by atoms with van der Waals surface area (Å²) >= 11 is 0. The van der Waals surface area contributed by atoms with Gasteiger partial charge in [0.25, 0.3) is 0 Å². The number of hydrogen-bond acceptors (Lipinski definition) is 2. The van der Waals surface area contributed by atoms with E-state index in [2.05, 4.69) is 26.0 Å². The summed E-state index contributed by atoms with van der Waals surface area (Å²) in [5.74, 6) is 0.970. The highest BCUT2D eigenvalue weighted by atomic mass is 16.5. The maximum Gasteiger partial charge on any atom is 0.122 e. The molecule has 1 N–H and O–H groups in total. The van der Waals surface area contributed by atoms with Crippen LogP contribution in [0.2, 0.25) is 0 Å². The number of methoxy groups -OCH3 is 1. The third kappa shape index (κ3) is 2.07. The van der Waals surface area contributed by atoms with Gasteiger partial charge in [-0.1, -0.05) is 6.07 Å². The van der Waals surface area contributed by atoms with Crippen molar-refractivity contribution in [1.82, 2.24) is 0 Å². The molecule has 16 heavy (non-hydrogen) atoms. The van der Waals surface area contributed by atoms with Gasteiger partial charge in [0.05, 0.1) is 7.11 Å². The summed E-state index contributed by atoms with van der Waals surface area (Å²) < 4.78 is 5.44. The van der Waals surface area contributed by atoms with Crippen molar-refractivity contribution < 1.29 is 9.84 Å². The predicted molar refractivity (Wildman–Crippen MR) is 64.9 cm³/mol. The Hall–Kier alpha value is -1.02. The molecule has 0 aromatic heterocycles. The molecule has 1 fully saturated rings.